The maximum Gasteiger partial charge on any atom is 0.256 e. The summed E-state index contributed by atoms with van der Waals surface area (Å²) in [5, 5.41) is 4.55. The Morgan fingerprint density at radius 1 is 0.879 bits per heavy atom. The van der Waals surface area contributed by atoms with Crippen LogP contribution in [-0.4, -0.2) is 42.5 Å². The van der Waals surface area contributed by atoms with Crippen molar-refractivity contribution in [2.45, 2.75) is 32.2 Å². The minimum Gasteiger partial charge on any atom is -0.304 e. The SMILES string of the molecule is CCN(CC)CCC1(c2ccccc2)C(=O)N(N(C)Cc2ccccc2Cl)c2ccccc21. The Labute approximate surface area is 202 Å². The number of amides is 1. The fraction of sp³-hybridized carbons (Fsp3) is 0.321. The minimum absolute atomic E-state index is 0.0941. The number of rotatable bonds is 9. The van der Waals surface area contributed by atoms with Gasteiger partial charge >= 0.3 is 0 Å². The van der Waals surface area contributed by atoms with Crippen molar-refractivity contribution < 1.29 is 4.79 Å². The third kappa shape index (κ3) is 4.31. The first-order valence-electron chi connectivity index (χ1n) is 11.7. The third-order valence-corrected chi connectivity index (χ3v) is 7.18. The van der Waals surface area contributed by atoms with E-state index >= 15 is 0 Å². The predicted molar refractivity (Wildman–Crippen MR) is 136 cm³/mol. The summed E-state index contributed by atoms with van der Waals surface area (Å²) in [5.74, 6) is 0.0941. The van der Waals surface area contributed by atoms with Crippen LogP contribution >= 0.6 is 11.6 Å². The van der Waals surface area contributed by atoms with E-state index in [1.54, 1.807) is 0 Å². The molecule has 1 heterocycles. The van der Waals surface area contributed by atoms with Gasteiger partial charge in [0.05, 0.1) is 5.69 Å². The van der Waals surface area contributed by atoms with Crippen molar-refractivity contribution in [1.29, 1.82) is 0 Å². The van der Waals surface area contributed by atoms with Crippen LogP contribution in [0.4, 0.5) is 5.69 Å². The Hall–Kier alpha value is -2.66. The number of carbonyl (C=O) groups is 1. The molecule has 4 rings (SSSR count). The van der Waals surface area contributed by atoms with Crippen LogP contribution < -0.4 is 5.01 Å². The molecule has 0 fully saturated rings. The van der Waals surface area contributed by atoms with Crippen molar-refractivity contribution in [2.75, 3.05) is 31.7 Å². The topological polar surface area (TPSA) is 26.8 Å². The molecule has 0 N–H and O–H groups in total. The van der Waals surface area contributed by atoms with Gasteiger partial charge in [0.25, 0.3) is 5.91 Å². The van der Waals surface area contributed by atoms with Gasteiger partial charge in [0, 0.05) is 18.6 Å². The molecule has 0 radical (unpaired) electrons. The molecular formula is C28H32ClN3O. The maximum absolute atomic E-state index is 14.4. The molecular weight excluding hydrogens is 430 g/mol. The fourth-order valence-electron chi connectivity index (χ4n) is 4.96. The molecule has 0 aromatic heterocycles. The Morgan fingerprint density at radius 2 is 1.52 bits per heavy atom. The molecule has 1 amide bonds. The van der Waals surface area contributed by atoms with Crippen molar-refractivity contribution in [2.24, 2.45) is 0 Å². The van der Waals surface area contributed by atoms with E-state index in [0.29, 0.717) is 11.6 Å². The molecule has 1 aliphatic heterocycles. The fourth-order valence-corrected chi connectivity index (χ4v) is 5.16. The molecule has 4 nitrogen and oxygen atoms in total. The summed E-state index contributed by atoms with van der Waals surface area (Å²) in [6.45, 7) is 7.67. The summed E-state index contributed by atoms with van der Waals surface area (Å²) in [5.41, 5.74) is 3.32. The van der Waals surface area contributed by atoms with Gasteiger partial charge in [-0.15, -0.1) is 0 Å². The van der Waals surface area contributed by atoms with Crippen LogP contribution in [0.25, 0.3) is 0 Å². The Kier molecular flexibility index (Phi) is 7.18. The molecule has 33 heavy (non-hydrogen) atoms. The van der Waals surface area contributed by atoms with Gasteiger partial charge in [0.2, 0.25) is 0 Å². The molecule has 0 spiro atoms. The van der Waals surface area contributed by atoms with Gasteiger partial charge in [-0.3, -0.25) is 4.79 Å². The van der Waals surface area contributed by atoms with E-state index < -0.39 is 5.41 Å². The summed E-state index contributed by atoms with van der Waals surface area (Å²) < 4.78 is 0. The zero-order chi connectivity index (χ0) is 23.4. The number of carbonyl (C=O) groups excluding carboxylic acids is 1. The normalized spacial score (nSPS) is 17.8. The number of halogens is 1. The molecule has 1 aliphatic rings. The van der Waals surface area contributed by atoms with Gasteiger partial charge in [0.1, 0.15) is 5.41 Å². The summed E-state index contributed by atoms with van der Waals surface area (Å²) in [7, 11) is 1.96. The first-order chi connectivity index (χ1) is 16.0. The highest BCUT2D eigenvalue weighted by Gasteiger charge is 2.53. The van der Waals surface area contributed by atoms with Crippen LogP contribution in [0.1, 0.15) is 37.0 Å². The predicted octanol–water partition coefficient (Wildman–Crippen LogP) is 5.75. The highest BCUT2D eigenvalue weighted by atomic mass is 35.5. The standard InChI is InChI=1S/C28H32ClN3O/c1-4-31(5-2)20-19-28(23-14-7-6-8-15-23)24-16-10-12-18-26(24)32(27(28)33)30(3)21-22-13-9-11-17-25(22)29/h6-18H,4-5,19-21H2,1-3H3. The quantitative estimate of drug-likeness (QED) is 0.406. The van der Waals surface area contributed by atoms with Gasteiger partial charge in [-0.1, -0.05) is 92.2 Å². The van der Waals surface area contributed by atoms with Gasteiger partial charge in [-0.05, 0) is 54.9 Å². The van der Waals surface area contributed by atoms with E-state index in [4.69, 9.17) is 11.6 Å². The van der Waals surface area contributed by atoms with E-state index in [1.165, 1.54) is 0 Å². The molecule has 1 unspecified atom stereocenters. The maximum atomic E-state index is 14.4. The number of hydrogen-bond acceptors (Lipinski definition) is 3. The molecule has 0 aliphatic carbocycles. The highest BCUT2D eigenvalue weighted by molar-refractivity contribution is 6.31. The number of benzene rings is 3. The Morgan fingerprint density at radius 3 is 2.21 bits per heavy atom. The summed E-state index contributed by atoms with van der Waals surface area (Å²) in [6.07, 6.45) is 0.727. The molecule has 3 aromatic rings. The van der Waals surface area contributed by atoms with Crippen molar-refractivity contribution in [3.05, 3.63) is 101 Å². The van der Waals surface area contributed by atoms with E-state index in [1.807, 2.05) is 71.7 Å². The summed E-state index contributed by atoms with van der Waals surface area (Å²) in [6, 6.07) is 26.3. The first kappa shape index (κ1) is 23.5. The smallest absolute Gasteiger partial charge is 0.256 e. The monoisotopic (exact) mass is 461 g/mol. The molecule has 0 bridgehead atoms. The zero-order valence-electron chi connectivity index (χ0n) is 19.7. The molecule has 3 aromatic carbocycles. The van der Waals surface area contributed by atoms with Gasteiger partial charge in [0.15, 0.2) is 0 Å². The molecule has 172 valence electrons. The van der Waals surface area contributed by atoms with Crippen molar-refractivity contribution in [1.82, 2.24) is 9.91 Å². The lowest BCUT2D eigenvalue weighted by Gasteiger charge is -2.34. The number of anilines is 1. The summed E-state index contributed by atoms with van der Waals surface area (Å²) in [4.78, 5) is 16.8. The number of hydrazine groups is 1. The lowest BCUT2D eigenvalue weighted by Crippen LogP contribution is -2.49. The Balaban J connectivity index is 1.79. The molecule has 5 heteroatoms. The van der Waals surface area contributed by atoms with Crippen LogP contribution in [0, 0.1) is 0 Å². The molecule has 0 saturated carbocycles. The van der Waals surface area contributed by atoms with Crippen LogP contribution in [0.2, 0.25) is 5.02 Å². The van der Waals surface area contributed by atoms with Crippen LogP contribution in [0.5, 0.6) is 0 Å². The van der Waals surface area contributed by atoms with Gasteiger partial charge < -0.3 is 4.90 Å². The number of para-hydroxylation sites is 1. The lowest BCUT2D eigenvalue weighted by atomic mass is 9.72. The molecule has 0 saturated heterocycles. The first-order valence-corrected chi connectivity index (χ1v) is 12.1. The van der Waals surface area contributed by atoms with Crippen LogP contribution in [0.3, 0.4) is 0 Å². The number of fused-ring (bicyclic) bond motifs is 1. The van der Waals surface area contributed by atoms with Crippen molar-refractivity contribution in [3.8, 4) is 0 Å². The van der Waals surface area contributed by atoms with E-state index in [0.717, 1.165) is 48.4 Å². The van der Waals surface area contributed by atoms with Gasteiger partial charge in [-0.2, -0.15) is 0 Å². The average molecular weight is 462 g/mol. The second kappa shape index (κ2) is 10.1. The van der Waals surface area contributed by atoms with E-state index in [2.05, 4.69) is 43.0 Å². The second-order valence-electron chi connectivity index (χ2n) is 8.59. The summed E-state index contributed by atoms with van der Waals surface area (Å²) >= 11 is 6.44. The van der Waals surface area contributed by atoms with Crippen LogP contribution in [0.15, 0.2) is 78.9 Å². The van der Waals surface area contributed by atoms with Crippen molar-refractivity contribution >= 4 is 23.2 Å². The van der Waals surface area contributed by atoms with E-state index in [-0.39, 0.29) is 5.91 Å². The highest BCUT2D eigenvalue weighted by Crippen LogP contribution is 2.49. The number of hydrogen-bond donors (Lipinski definition) is 0. The Bertz CT molecular complexity index is 1100. The van der Waals surface area contributed by atoms with Crippen molar-refractivity contribution in [3.63, 3.8) is 0 Å². The lowest BCUT2D eigenvalue weighted by molar-refractivity contribution is -0.125. The average Bonchev–Trinajstić information content (AvgIpc) is 3.10. The van der Waals surface area contributed by atoms with E-state index in [9.17, 15) is 4.79 Å². The number of nitrogens with zero attached hydrogens (tertiary/aromatic N) is 3. The minimum atomic E-state index is -0.727. The molecule has 1 atom stereocenters. The second-order valence-corrected chi connectivity index (χ2v) is 9.00. The van der Waals surface area contributed by atoms with Crippen LogP contribution in [-0.2, 0) is 16.8 Å². The zero-order valence-corrected chi connectivity index (χ0v) is 20.4. The van der Waals surface area contributed by atoms with Gasteiger partial charge in [-0.25, -0.2) is 10.0 Å². The largest absolute Gasteiger partial charge is 0.304 e. The third-order valence-electron chi connectivity index (χ3n) is 6.81.